The standard InChI is InChI=1S/C11H18N2O/c1-9-5-6-12-10(9)11(14)13-7-3-2-4-8-13/h2-3,9-10,12H,4-8H2,1H3. The second-order valence-corrected chi connectivity index (χ2v) is 4.24. The van der Waals surface area contributed by atoms with E-state index in [0.29, 0.717) is 11.8 Å². The minimum atomic E-state index is 0.0708. The summed E-state index contributed by atoms with van der Waals surface area (Å²) in [6.07, 6.45) is 6.36. The first-order valence-corrected chi connectivity index (χ1v) is 5.46. The van der Waals surface area contributed by atoms with Crippen molar-refractivity contribution in [2.24, 2.45) is 5.92 Å². The highest BCUT2D eigenvalue weighted by molar-refractivity contribution is 5.82. The first-order chi connectivity index (χ1) is 6.79. The van der Waals surface area contributed by atoms with E-state index in [1.54, 1.807) is 0 Å². The van der Waals surface area contributed by atoms with Gasteiger partial charge in [0.05, 0.1) is 6.04 Å². The molecule has 0 aromatic rings. The van der Waals surface area contributed by atoms with Gasteiger partial charge in [0.2, 0.25) is 5.91 Å². The molecule has 0 spiro atoms. The van der Waals surface area contributed by atoms with Crippen molar-refractivity contribution in [2.75, 3.05) is 19.6 Å². The van der Waals surface area contributed by atoms with Crippen LogP contribution in [0, 0.1) is 5.92 Å². The van der Waals surface area contributed by atoms with Crippen molar-refractivity contribution in [3.8, 4) is 0 Å². The predicted molar refractivity (Wildman–Crippen MR) is 55.9 cm³/mol. The number of nitrogens with zero attached hydrogens (tertiary/aromatic N) is 1. The molecule has 0 bridgehead atoms. The predicted octanol–water partition coefficient (Wildman–Crippen LogP) is 0.773. The van der Waals surface area contributed by atoms with Crippen molar-refractivity contribution in [1.82, 2.24) is 10.2 Å². The van der Waals surface area contributed by atoms with Crippen LogP contribution >= 0.6 is 0 Å². The van der Waals surface area contributed by atoms with Crippen LogP contribution in [0.2, 0.25) is 0 Å². The molecule has 2 aliphatic rings. The Balaban J connectivity index is 1.96. The van der Waals surface area contributed by atoms with Crippen LogP contribution in [-0.2, 0) is 4.79 Å². The Bertz CT molecular complexity index is 250. The van der Waals surface area contributed by atoms with Crippen LogP contribution in [-0.4, -0.2) is 36.5 Å². The Morgan fingerprint density at radius 2 is 2.36 bits per heavy atom. The van der Waals surface area contributed by atoms with Crippen molar-refractivity contribution in [3.63, 3.8) is 0 Å². The Morgan fingerprint density at radius 1 is 1.50 bits per heavy atom. The number of carbonyl (C=O) groups excluding carboxylic acids is 1. The van der Waals surface area contributed by atoms with E-state index in [1.807, 2.05) is 4.90 Å². The minimum Gasteiger partial charge on any atom is -0.337 e. The summed E-state index contributed by atoms with van der Waals surface area (Å²) in [4.78, 5) is 14.0. The molecule has 0 aromatic heterocycles. The molecular formula is C11H18N2O. The van der Waals surface area contributed by atoms with Crippen LogP contribution in [0.3, 0.4) is 0 Å². The van der Waals surface area contributed by atoms with Crippen LogP contribution in [0.25, 0.3) is 0 Å². The molecule has 1 amide bonds. The largest absolute Gasteiger partial charge is 0.337 e. The van der Waals surface area contributed by atoms with Crippen LogP contribution in [0.1, 0.15) is 19.8 Å². The van der Waals surface area contributed by atoms with Crippen molar-refractivity contribution < 1.29 is 4.79 Å². The van der Waals surface area contributed by atoms with E-state index in [9.17, 15) is 4.79 Å². The Kier molecular flexibility index (Phi) is 2.87. The van der Waals surface area contributed by atoms with Gasteiger partial charge >= 0.3 is 0 Å². The normalized spacial score (nSPS) is 32.2. The molecule has 14 heavy (non-hydrogen) atoms. The van der Waals surface area contributed by atoms with Crippen molar-refractivity contribution in [1.29, 1.82) is 0 Å². The van der Waals surface area contributed by atoms with Crippen LogP contribution in [0.15, 0.2) is 12.2 Å². The van der Waals surface area contributed by atoms with E-state index < -0.39 is 0 Å². The molecule has 0 saturated carbocycles. The maximum Gasteiger partial charge on any atom is 0.240 e. The summed E-state index contributed by atoms with van der Waals surface area (Å²) in [6.45, 7) is 4.83. The van der Waals surface area contributed by atoms with E-state index in [-0.39, 0.29) is 6.04 Å². The summed E-state index contributed by atoms with van der Waals surface area (Å²) in [5.74, 6) is 0.785. The van der Waals surface area contributed by atoms with Gasteiger partial charge in [-0.15, -0.1) is 0 Å². The molecule has 0 radical (unpaired) electrons. The molecule has 2 heterocycles. The van der Waals surface area contributed by atoms with Gasteiger partial charge in [-0.05, 0) is 25.3 Å². The van der Waals surface area contributed by atoms with Gasteiger partial charge < -0.3 is 10.2 Å². The van der Waals surface area contributed by atoms with Crippen molar-refractivity contribution >= 4 is 5.91 Å². The number of hydrogen-bond donors (Lipinski definition) is 1. The lowest BCUT2D eigenvalue weighted by Gasteiger charge is -2.27. The van der Waals surface area contributed by atoms with E-state index in [1.165, 1.54) is 0 Å². The summed E-state index contributed by atoms with van der Waals surface area (Å²) in [7, 11) is 0. The molecule has 1 N–H and O–H groups in total. The fourth-order valence-electron chi connectivity index (χ4n) is 2.20. The molecular weight excluding hydrogens is 176 g/mol. The molecule has 1 fully saturated rings. The third-order valence-corrected chi connectivity index (χ3v) is 3.17. The highest BCUT2D eigenvalue weighted by Gasteiger charge is 2.32. The molecule has 78 valence electrons. The zero-order chi connectivity index (χ0) is 9.97. The van der Waals surface area contributed by atoms with Gasteiger partial charge in [-0.3, -0.25) is 4.79 Å². The number of hydrogen-bond acceptors (Lipinski definition) is 2. The summed E-state index contributed by atoms with van der Waals surface area (Å²) in [5.41, 5.74) is 0. The Hall–Kier alpha value is -0.830. The van der Waals surface area contributed by atoms with Gasteiger partial charge in [0, 0.05) is 13.1 Å². The first kappa shape index (κ1) is 9.71. The van der Waals surface area contributed by atoms with Crippen LogP contribution in [0.5, 0.6) is 0 Å². The third-order valence-electron chi connectivity index (χ3n) is 3.17. The highest BCUT2D eigenvalue weighted by Crippen LogP contribution is 2.17. The van der Waals surface area contributed by atoms with E-state index in [2.05, 4.69) is 24.4 Å². The molecule has 0 aliphatic carbocycles. The summed E-state index contributed by atoms with van der Waals surface area (Å²) in [5, 5.41) is 3.29. The van der Waals surface area contributed by atoms with Gasteiger partial charge in [0.15, 0.2) is 0 Å². The SMILES string of the molecule is CC1CCNC1C(=O)N1CC=CCC1. The highest BCUT2D eigenvalue weighted by atomic mass is 16.2. The summed E-state index contributed by atoms with van der Waals surface area (Å²) >= 11 is 0. The number of rotatable bonds is 1. The molecule has 2 atom stereocenters. The van der Waals surface area contributed by atoms with Crippen molar-refractivity contribution in [2.45, 2.75) is 25.8 Å². The Labute approximate surface area is 85.2 Å². The second-order valence-electron chi connectivity index (χ2n) is 4.24. The monoisotopic (exact) mass is 194 g/mol. The quantitative estimate of drug-likeness (QED) is 0.625. The van der Waals surface area contributed by atoms with Gasteiger partial charge in [0.1, 0.15) is 0 Å². The molecule has 0 aromatic carbocycles. The fraction of sp³-hybridized carbons (Fsp3) is 0.727. The zero-order valence-electron chi connectivity index (χ0n) is 8.70. The Morgan fingerprint density at radius 3 is 2.93 bits per heavy atom. The topological polar surface area (TPSA) is 32.3 Å². The maximum atomic E-state index is 12.0. The van der Waals surface area contributed by atoms with Gasteiger partial charge in [-0.25, -0.2) is 0 Å². The lowest BCUT2D eigenvalue weighted by molar-refractivity contribution is -0.133. The molecule has 2 rings (SSSR count). The molecule has 2 aliphatic heterocycles. The van der Waals surface area contributed by atoms with E-state index in [0.717, 1.165) is 32.5 Å². The molecule has 3 nitrogen and oxygen atoms in total. The lowest BCUT2D eigenvalue weighted by Crippen LogP contribution is -2.47. The summed E-state index contributed by atoms with van der Waals surface area (Å²) < 4.78 is 0. The van der Waals surface area contributed by atoms with Crippen LogP contribution < -0.4 is 5.32 Å². The number of carbonyl (C=O) groups is 1. The van der Waals surface area contributed by atoms with Crippen LogP contribution in [0.4, 0.5) is 0 Å². The first-order valence-electron chi connectivity index (χ1n) is 5.46. The zero-order valence-corrected chi connectivity index (χ0v) is 8.70. The smallest absolute Gasteiger partial charge is 0.240 e. The molecule has 2 unspecified atom stereocenters. The van der Waals surface area contributed by atoms with Gasteiger partial charge in [0.25, 0.3) is 0 Å². The van der Waals surface area contributed by atoms with Gasteiger partial charge in [-0.1, -0.05) is 19.1 Å². The fourth-order valence-corrected chi connectivity index (χ4v) is 2.20. The molecule has 1 saturated heterocycles. The summed E-state index contributed by atoms with van der Waals surface area (Å²) in [6, 6.07) is 0.0708. The average Bonchev–Trinajstić information content (AvgIpc) is 2.65. The number of nitrogens with one attached hydrogen (secondary N) is 1. The lowest BCUT2D eigenvalue weighted by atomic mass is 10.0. The minimum absolute atomic E-state index is 0.0708. The van der Waals surface area contributed by atoms with E-state index in [4.69, 9.17) is 0 Å². The van der Waals surface area contributed by atoms with Gasteiger partial charge in [-0.2, -0.15) is 0 Å². The third kappa shape index (κ3) is 1.82. The number of amides is 1. The average molecular weight is 194 g/mol. The molecule has 3 heteroatoms. The van der Waals surface area contributed by atoms with E-state index >= 15 is 0 Å². The second kappa shape index (κ2) is 4.13. The van der Waals surface area contributed by atoms with Crippen molar-refractivity contribution in [3.05, 3.63) is 12.2 Å². The maximum absolute atomic E-state index is 12.0.